The van der Waals surface area contributed by atoms with Crippen molar-refractivity contribution in [1.29, 1.82) is 0 Å². The molecule has 5 heteroatoms. The zero-order valence-corrected chi connectivity index (χ0v) is 9.41. The van der Waals surface area contributed by atoms with Crippen LogP contribution in [-0.2, 0) is 11.2 Å². The van der Waals surface area contributed by atoms with Gasteiger partial charge in [-0.15, -0.1) is 0 Å². The predicted octanol–water partition coefficient (Wildman–Crippen LogP) is 1.27. The van der Waals surface area contributed by atoms with Gasteiger partial charge in [-0.25, -0.2) is 4.99 Å². The summed E-state index contributed by atoms with van der Waals surface area (Å²) in [5.74, 6) is 0.128. The van der Waals surface area contributed by atoms with Crippen LogP contribution in [0.15, 0.2) is 23.5 Å². The highest BCUT2D eigenvalue weighted by atomic mass is 32.2. The van der Waals surface area contributed by atoms with Gasteiger partial charge in [-0.1, -0.05) is 11.8 Å². The number of fused-ring (bicyclic) bond motifs is 2. The van der Waals surface area contributed by atoms with Crippen LogP contribution in [-0.4, -0.2) is 21.2 Å². The van der Waals surface area contributed by atoms with Crippen LogP contribution >= 0.6 is 11.8 Å². The average Bonchev–Trinajstić information content (AvgIpc) is 2.68. The minimum atomic E-state index is -0.232. The zero-order chi connectivity index (χ0) is 11.1. The van der Waals surface area contributed by atoms with E-state index in [1.54, 1.807) is 6.20 Å². The average molecular weight is 233 g/mol. The summed E-state index contributed by atoms with van der Waals surface area (Å²) < 4.78 is 0. The number of aromatic nitrogens is 1. The highest BCUT2D eigenvalue weighted by Crippen LogP contribution is 2.41. The molecule has 4 nitrogen and oxygen atoms in total. The molecule has 0 spiro atoms. The van der Waals surface area contributed by atoms with Gasteiger partial charge in [0.05, 0.1) is 16.0 Å². The minimum Gasteiger partial charge on any atom is -0.369 e. The van der Waals surface area contributed by atoms with Crippen LogP contribution in [0.2, 0.25) is 0 Å². The van der Waals surface area contributed by atoms with Crippen LogP contribution in [0, 0.1) is 5.92 Å². The van der Waals surface area contributed by atoms with Gasteiger partial charge in [0.1, 0.15) is 0 Å². The molecule has 2 atom stereocenters. The highest BCUT2D eigenvalue weighted by molar-refractivity contribution is 8.15. The van der Waals surface area contributed by atoms with Gasteiger partial charge in [-0.3, -0.25) is 9.78 Å². The maximum Gasteiger partial charge on any atom is 0.230 e. The molecule has 16 heavy (non-hydrogen) atoms. The van der Waals surface area contributed by atoms with E-state index in [4.69, 9.17) is 5.73 Å². The molecule has 2 N–H and O–H groups in total. The van der Waals surface area contributed by atoms with Gasteiger partial charge in [0.15, 0.2) is 0 Å². The Labute approximate surface area is 97.3 Å². The molecule has 1 aromatic heterocycles. The maximum absolute atomic E-state index is 11.2. The lowest BCUT2D eigenvalue weighted by atomic mass is 9.93. The molecule has 1 fully saturated rings. The second-order valence-corrected chi connectivity index (χ2v) is 5.32. The minimum absolute atomic E-state index is 0.106. The standard InChI is InChI=1S/C11H11N3OS/c12-10(15)9-4-6-3-7-5-13-2-1-8(7)14-11(6)16-9/h1-2,5-6,9H,3-4H2,(H2,12,15). The van der Waals surface area contributed by atoms with Crippen molar-refractivity contribution in [3.63, 3.8) is 0 Å². The van der Waals surface area contributed by atoms with Crippen LogP contribution in [0.4, 0.5) is 5.69 Å². The lowest BCUT2D eigenvalue weighted by Gasteiger charge is -2.17. The van der Waals surface area contributed by atoms with E-state index in [-0.39, 0.29) is 11.2 Å². The Balaban J connectivity index is 1.93. The van der Waals surface area contributed by atoms with Crippen LogP contribution in [0.5, 0.6) is 0 Å². The fraction of sp³-hybridized carbons (Fsp3) is 0.364. The summed E-state index contributed by atoms with van der Waals surface area (Å²) in [6.07, 6.45) is 5.35. The van der Waals surface area contributed by atoms with E-state index < -0.39 is 0 Å². The van der Waals surface area contributed by atoms with Gasteiger partial charge in [0.25, 0.3) is 0 Å². The Morgan fingerprint density at radius 2 is 2.44 bits per heavy atom. The maximum atomic E-state index is 11.2. The van der Waals surface area contributed by atoms with Crippen molar-refractivity contribution >= 4 is 28.4 Å². The van der Waals surface area contributed by atoms with Crippen molar-refractivity contribution in [2.24, 2.45) is 16.6 Å². The quantitative estimate of drug-likeness (QED) is 0.794. The zero-order valence-electron chi connectivity index (χ0n) is 8.59. The molecular weight excluding hydrogens is 222 g/mol. The second-order valence-electron chi connectivity index (χ2n) is 4.10. The Morgan fingerprint density at radius 1 is 1.56 bits per heavy atom. The molecule has 0 saturated carbocycles. The van der Waals surface area contributed by atoms with E-state index in [0.29, 0.717) is 5.92 Å². The van der Waals surface area contributed by atoms with Gasteiger partial charge in [0, 0.05) is 18.3 Å². The number of primary amides is 1. The van der Waals surface area contributed by atoms with Crippen LogP contribution in [0.1, 0.15) is 12.0 Å². The van der Waals surface area contributed by atoms with Crippen molar-refractivity contribution in [3.05, 3.63) is 24.0 Å². The normalized spacial score (nSPS) is 26.9. The molecule has 3 rings (SSSR count). The second kappa shape index (κ2) is 3.59. The summed E-state index contributed by atoms with van der Waals surface area (Å²) in [5, 5.41) is 0.952. The topological polar surface area (TPSA) is 68.3 Å². The number of nitrogens with two attached hydrogens (primary N) is 1. The van der Waals surface area contributed by atoms with Crippen molar-refractivity contribution in [3.8, 4) is 0 Å². The summed E-state index contributed by atoms with van der Waals surface area (Å²) in [7, 11) is 0. The monoisotopic (exact) mass is 233 g/mol. The first-order chi connectivity index (χ1) is 7.74. The Kier molecular flexibility index (Phi) is 2.21. The molecule has 82 valence electrons. The lowest BCUT2D eigenvalue weighted by molar-refractivity contribution is -0.117. The largest absolute Gasteiger partial charge is 0.369 e. The van der Waals surface area contributed by atoms with Gasteiger partial charge in [-0.05, 0) is 24.5 Å². The number of carbonyl (C=O) groups excluding carboxylic acids is 1. The van der Waals surface area contributed by atoms with Gasteiger partial charge < -0.3 is 5.73 Å². The van der Waals surface area contributed by atoms with E-state index in [1.807, 2.05) is 12.3 Å². The van der Waals surface area contributed by atoms with Gasteiger partial charge in [0.2, 0.25) is 5.91 Å². The SMILES string of the molecule is NC(=O)C1CC2Cc3cnccc3N=C2S1. The van der Waals surface area contributed by atoms with Crippen molar-refractivity contribution in [1.82, 2.24) is 4.98 Å². The molecule has 3 heterocycles. The third kappa shape index (κ3) is 1.51. The highest BCUT2D eigenvalue weighted by Gasteiger charge is 2.37. The smallest absolute Gasteiger partial charge is 0.230 e. The molecule has 0 bridgehead atoms. The summed E-state index contributed by atoms with van der Waals surface area (Å²) in [4.78, 5) is 19.8. The number of rotatable bonds is 1. The number of amides is 1. The van der Waals surface area contributed by atoms with E-state index in [2.05, 4.69) is 9.98 Å². The Bertz CT molecular complexity index is 486. The molecule has 1 amide bonds. The first kappa shape index (κ1) is 9.84. The Hall–Kier alpha value is -1.36. The molecule has 2 aliphatic heterocycles. The predicted molar refractivity (Wildman–Crippen MR) is 63.7 cm³/mol. The molecule has 0 radical (unpaired) electrons. The molecule has 1 aromatic rings. The fourth-order valence-corrected chi connectivity index (χ4v) is 3.44. The first-order valence-corrected chi connectivity index (χ1v) is 6.09. The van der Waals surface area contributed by atoms with E-state index in [9.17, 15) is 4.79 Å². The number of carbonyl (C=O) groups is 1. The van der Waals surface area contributed by atoms with Crippen molar-refractivity contribution in [2.75, 3.05) is 0 Å². The van der Waals surface area contributed by atoms with Crippen LogP contribution in [0.3, 0.4) is 0 Å². The summed E-state index contributed by atoms with van der Waals surface area (Å²) in [5.41, 5.74) is 7.48. The molecule has 0 aromatic carbocycles. The summed E-state index contributed by atoms with van der Waals surface area (Å²) >= 11 is 1.52. The third-order valence-corrected chi connectivity index (χ3v) is 4.38. The number of pyridine rings is 1. The number of hydrogen-bond donors (Lipinski definition) is 1. The summed E-state index contributed by atoms with van der Waals surface area (Å²) in [6.45, 7) is 0. The number of hydrogen-bond acceptors (Lipinski definition) is 4. The molecule has 0 aliphatic carbocycles. The van der Waals surface area contributed by atoms with Crippen LogP contribution in [0.25, 0.3) is 0 Å². The van der Waals surface area contributed by atoms with Crippen molar-refractivity contribution < 1.29 is 4.79 Å². The van der Waals surface area contributed by atoms with Crippen molar-refractivity contribution in [2.45, 2.75) is 18.1 Å². The third-order valence-electron chi connectivity index (χ3n) is 3.00. The number of aliphatic imine (C=N–C) groups is 1. The molecule has 1 saturated heterocycles. The van der Waals surface area contributed by atoms with E-state index >= 15 is 0 Å². The van der Waals surface area contributed by atoms with E-state index in [1.165, 1.54) is 17.3 Å². The fourth-order valence-electron chi connectivity index (χ4n) is 2.18. The van der Waals surface area contributed by atoms with Gasteiger partial charge in [-0.2, -0.15) is 0 Å². The number of nitrogens with zero attached hydrogens (tertiary/aromatic N) is 2. The molecule has 2 aliphatic rings. The summed E-state index contributed by atoms with van der Waals surface area (Å²) in [6, 6.07) is 1.91. The Morgan fingerprint density at radius 3 is 3.25 bits per heavy atom. The first-order valence-electron chi connectivity index (χ1n) is 5.21. The lowest BCUT2D eigenvalue weighted by Crippen LogP contribution is -2.24. The number of thioether (sulfide) groups is 1. The molecular formula is C11H11N3OS. The van der Waals surface area contributed by atoms with Gasteiger partial charge >= 0.3 is 0 Å². The molecule has 2 unspecified atom stereocenters. The van der Waals surface area contributed by atoms with Crippen LogP contribution < -0.4 is 5.73 Å². The van der Waals surface area contributed by atoms with E-state index in [0.717, 1.165) is 23.6 Å².